The van der Waals surface area contributed by atoms with Gasteiger partial charge in [0.25, 0.3) is 0 Å². The highest BCUT2D eigenvalue weighted by atomic mass is 35.5. The molecule has 0 aromatic heterocycles. The normalized spacial score (nSPS) is 17.6. The molecular formula is C22H33ClN2O2. The maximum atomic E-state index is 13.1. The van der Waals surface area contributed by atoms with Crippen LogP contribution >= 0.6 is 11.6 Å². The van der Waals surface area contributed by atoms with Crippen molar-refractivity contribution in [2.24, 2.45) is 11.8 Å². The predicted octanol–water partition coefficient (Wildman–Crippen LogP) is 4.62. The van der Waals surface area contributed by atoms with Crippen molar-refractivity contribution in [1.29, 1.82) is 0 Å². The van der Waals surface area contributed by atoms with Crippen LogP contribution in [0.1, 0.15) is 64.9 Å². The van der Waals surface area contributed by atoms with E-state index in [-0.39, 0.29) is 23.7 Å². The fourth-order valence-corrected chi connectivity index (χ4v) is 3.78. The molecule has 2 rings (SSSR count). The van der Waals surface area contributed by atoms with Crippen molar-refractivity contribution in [3.05, 3.63) is 34.9 Å². The standard InChI is InChI=1S/C22H33ClN2O2/c1-5-16(4)21(24-20(26)14-15(2)3)22(27)25-12-10-18(11-13-25)17-6-8-19(23)9-7-17/h6-9,15-16,18,21H,5,10-14H2,1-4H3,(H,24,26)/t16?,21-/m1/s1. The van der Waals surface area contributed by atoms with Crippen LogP contribution in [0.5, 0.6) is 0 Å². The van der Waals surface area contributed by atoms with Crippen LogP contribution < -0.4 is 5.32 Å². The number of hydrogen-bond donors (Lipinski definition) is 1. The van der Waals surface area contributed by atoms with Gasteiger partial charge >= 0.3 is 0 Å². The van der Waals surface area contributed by atoms with E-state index in [0.717, 1.165) is 37.4 Å². The number of piperidine rings is 1. The summed E-state index contributed by atoms with van der Waals surface area (Å²) in [4.78, 5) is 27.3. The third-order valence-corrected chi connectivity index (χ3v) is 5.79. The number of nitrogens with zero attached hydrogens (tertiary/aromatic N) is 1. The Bertz CT molecular complexity index is 622. The Morgan fingerprint density at radius 2 is 1.74 bits per heavy atom. The first kappa shape index (κ1) is 21.7. The van der Waals surface area contributed by atoms with Crippen LogP contribution in [0.2, 0.25) is 5.02 Å². The molecule has 2 atom stereocenters. The summed E-state index contributed by atoms with van der Waals surface area (Å²) in [6, 6.07) is 7.60. The lowest BCUT2D eigenvalue weighted by Crippen LogP contribution is -2.53. The summed E-state index contributed by atoms with van der Waals surface area (Å²) in [5.74, 6) is 0.912. The number of halogens is 1. The van der Waals surface area contributed by atoms with Crippen LogP contribution in [-0.4, -0.2) is 35.8 Å². The molecule has 0 radical (unpaired) electrons. The molecule has 0 aliphatic carbocycles. The van der Waals surface area contributed by atoms with Gasteiger partial charge in [0.15, 0.2) is 0 Å². The smallest absolute Gasteiger partial charge is 0.245 e. The van der Waals surface area contributed by atoms with Crippen LogP contribution in [0.3, 0.4) is 0 Å². The summed E-state index contributed by atoms with van der Waals surface area (Å²) in [5, 5.41) is 3.75. The number of nitrogens with one attached hydrogen (secondary N) is 1. The molecule has 0 spiro atoms. The SMILES string of the molecule is CCC(C)[C@@H](NC(=O)CC(C)C)C(=O)N1CCC(c2ccc(Cl)cc2)CC1. The highest BCUT2D eigenvalue weighted by Gasteiger charge is 2.32. The average molecular weight is 393 g/mol. The zero-order valence-electron chi connectivity index (χ0n) is 17.0. The van der Waals surface area contributed by atoms with Gasteiger partial charge in [-0.3, -0.25) is 9.59 Å². The summed E-state index contributed by atoms with van der Waals surface area (Å²) in [5.41, 5.74) is 1.29. The minimum absolute atomic E-state index is 0.0281. The Labute approximate surface area is 168 Å². The first-order chi connectivity index (χ1) is 12.8. The lowest BCUT2D eigenvalue weighted by molar-refractivity contribution is -0.139. The van der Waals surface area contributed by atoms with E-state index in [1.54, 1.807) is 0 Å². The Morgan fingerprint density at radius 3 is 2.26 bits per heavy atom. The van der Waals surface area contributed by atoms with Gasteiger partial charge in [0.1, 0.15) is 6.04 Å². The second kappa shape index (κ2) is 10.1. The molecule has 1 aromatic carbocycles. The highest BCUT2D eigenvalue weighted by Crippen LogP contribution is 2.29. The first-order valence-corrected chi connectivity index (χ1v) is 10.5. The maximum absolute atomic E-state index is 13.1. The van der Waals surface area contributed by atoms with Gasteiger partial charge in [-0.2, -0.15) is 0 Å². The Hall–Kier alpha value is -1.55. The van der Waals surface area contributed by atoms with Crippen molar-refractivity contribution in [2.45, 2.75) is 65.3 Å². The Kier molecular flexibility index (Phi) is 8.15. The van der Waals surface area contributed by atoms with Gasteiger partial charge in [0, 0.05) is 24.5 Å². The van der Waals surface area contributed by atoms with Gasteiger partial charge in [0.2, 0.25) is 11.8 Å². The molecule has 150 valence electrons. The molecule has 1 aliphatic heterocycles. The molecule has 1 aromatic rings. The largest absolute Gasteiger partial charge is 0.344 e. The molecule has 2 amide bonds. The van der Waals surface area contributed by atoms with Crippen molar-refractivity contribution in [2.75, 3.05) is 13.1 Å². The van der Waals surface area contributed by atoms with Crippen molar-refractivity contribution in [1.82, 2.24) is 10.2 Å². The van der Waals surface area contributed by atoms with E-state index in [0.29, 0.717) is 12.3 Å². The fraction of sp³-hybridized carbons (Fsp3) is 0.636. The highest BCUT2D eigenvalue weighted by molar-refractivity contribution is 6.30. The van der Waals surface area contributed by atoms with Gasteiger partial charge in [0.05, 0.1) is 0 Å². The molecule has 1 saturated heterocycles. The van der Waals surface area contributed by atoms with E-state index in [2.05, 4.69) is 24.4 Å². The second-order valence-corrected chi connectivity index (χ2v) is 8.62. The fourth-order valence-electron chi connectivity index (χ4n) is 3.65. The van der Waals surface area contributed by atoms with E-state index in [1.807, 2.05) is 37.8 Å². The summed E-state index contributed by atoms with van der Waals surface area (Å²) in [6.45, 7) is 9.60. The molecule has 1 N–H and O–H groups in total. The van der Waals surface area contributed by atoms with Crippen molar-refractivity contribution < 1.29 is 9.59 Å². The molecule has 1 heterocycles. The van der Waals surface area contributed by atoms with Gasteiger partial charge in [-0.05, 0) is 48.3 Å². The molecule has 1 unspecified atom stereocenters. The predicted molar refractivity (Wildman–Crippen MR) is 111 cm³/mol. The molecule has 0 saturated carbocycles. The summed E-state index contributed by atoms with van der Waals surface area (Å²) >= 11 is 5.98. The molecule has 1 aliphatic rings. The number of benzene rings is 1. The van der Waals surface area contributed by atoms with Crippen LogP contribution in [0, 0.1) is 11.8 Å². The van der Waals surface area contributed by atoms with Crippen LogP contribution in [-0.2, 0) is 9.59 Å². The molecule has 1 fully saturated rings. The number of amides is 2. The second-order valence-electron chi connectivity index (χ2n) is 8.18. The third kappa shape index (κ3) is 6.24. The van der Waals surface area contributed by atoms with Gasteiger partial charge in [-0.1, -0.05) is 57.8 Å². The number of carbonyl (C=O) groups is 2. The molecule has 27 heavy (non-hydrogen) atoms. The number of hydrogen-bond acceptors (Lipinski definition) is 2. The van der Waals surface area contributed by atoms with E-state index >= 15 is 0 Å². The number of carbonyl (C=O) groups excluding carboxylic acids is 2. The summed E-state index contributed by atoms with van der Waals surface area (Å²) in [6.07, 6.45) is 3.21. The Balaban J connectivity index is 1.97. The van der Waals surface area contributed by atoms with Crippen LogP contribution in [0.15, 0.2) is 24.3 Å². The Morgan fingerprint density at radius 1 is 1.15 bits per heavy atom. The number of rotatable bonds is 7. The van der Waals surface area contributed by atoms with E-state index in [9.17, 15) is 9.59 Å². The van der Waals surface area contributed by atoms with Crippen molar-refractivity contribution in [3.63, 3.8) is 0 Å². The monoisotopic (exact) mass is 392 g/mol. The van der Waals surface area contributed by atoms with E-state index in [4.69, 9.17) is 11.6 Å². The van der Waals surface area contributed by atoms with Crippen molar-refractivity contribution in [3.8, 4) is 0 Å². The zero-order valence-corrected chi connectivity index (χ0v) is 17.8. The van der Waals surface area contributed by atoms with Crippen LogP contribution in [0.4, 0.5) is 0 Å². The third-order valence-electron chi connectivity index (χ3n) is 5.54. The first-order valence-electron chi connectivity index (χ1n) is 10.1. The van der Waals surface area contributed by atoms with Crippen LogP contribution in [0.25, 0.3) is 0 Å². The van der Waals surface area contributed by atoms with Gasteiger partial charge in [-0.15, -0.1) is 0 Å². The molecule has 4 nitrogen and oxygen atoms in total. The van der Waals surface area contributed by atoms with Crippen molar-refractivity contribution >= 4 is 23.4 Å². The zero-order chi connectivity index (χ0) is 20.0. The summed E-state index contributed by atoms with van der Waals surface area (Å²) < 4.78 is 0. The van der Waals surface area contributed by atoms with E-state index in [1.165, 1.54) is 5.56 Å². The lowest BCUT2D eigenvalue weighted by atomic mass is 9.88. The lowest BCUT2D eigenvalue weighted by Gasteiger charge is -2.36. The topological polar surface area (TPSA) is 49.4 Å². The minimum atomic E-state index is -0.423. The number of likely N-dealkylation sites (tertiary alicyclic amines) is 1. The molecular weight excluding hydrogens is 360 g/mol. The summed E-state index contributed by atoms with van der Waals surface area (Å²) in [7, 11) is 0. The van der Waals surface area contributed by atoms with E-state index < -0.39 is 6.04 Å². The van der Waals surface area contributed by atoms with Gasteiger partial charge in [-0.25, -0.2) is 0 Å². The maximum Gasteiger partial charge on any atom is 0.245 e. The molecule has 5 heteroatoms. The quantitative estimate of drug-likeness (QED) is 0.735. The van der Waals surface area contributed by atoms with Gasteiger partial charge < -0.3 is 10.2 Å². The average Bonchev–Trinajstić information content (AvgIpc) is 2.65. The molecule has 0 bridgehead atoms. The minimum Gasteiger partial charge on any atom is -0.344 e.